The molecule has 0 aromatic carbocycles. The molecular weight excluding hydrogens is 443 g/mol. The number of nitrogens with zero attached hydrogens (tertiary/aromatic N) is 5. The Kier molecular flexibility index (Phi) is 8.62. The normalized spacial score (nSPS) is 25.0. The van der Waals surface area contributed by atoms with Crippen LogP contribution in [0.1, 0.15) is 37.9 Å². The minimum atomic E-state index is 0. The average Bonchev–Trinajstić information content (AvgIpc) is 3.09. The molecule has 8 heteroatoms. The second-order valence-corrected chi connectivity index (χ2v) is 6.96. The van der Waals surface area contributed by atoms with Crippen molar-refractivity contribution in [1.29, 1.82) is 0 Å². The number of rotatable bonds is 4. The molecule has 2 unspecified atom stereocenters. The Bertz CT molecular complexity index is 578. The number of aromatic nitrogens is 2. The molecule has 7 nitrogen and oxygen atoms in total. The van der Waals surface area contributed by atoms with Crippen LogP contribution in [0.3, 0.4) is 0 Å². The van der Waals surface area contributed by atoms with E-state index in [1.807, 2.05) is 31.2 Å². The van der Waals surface area contributed by atoms with Gasteiger partial charge in [-0.25, -0.2) is 0 Å². The van der Waals surface area contributed by atoms with E-state index in [1.54, 1.807) is 0 Å². The Hall–Kier alpha value is -0.870. The van der Waals surface area contributed by atoms with Gasteiger partial charge in [-0.2, -0.15) is 5.10 Å². The molecule has 2 aliphatic heterocycles. The molecule has 2 fully saturated rings. The van der Waals surface area contributed by atoms with Crippen LogP contribution < -0.4 is 5.32 Å². The quantitative estimate of drug-likeness (QED) is 0.409. The third kappa shape index (κ3) is 5.32. The third-order valence-corrected chi connectivity index (χ3v) is 5.33. The zero-order chi connectivity index (χ0) is 17.6. The van der Waals surface area contributed by atoms with Crippen LogP contribution in [0, 0.1) is 0 Å². The van der Waals surface area contributed by atoms with Gasteiger partial charge in [0.05, 0.1) is 19.3 Å². The highest BCUT2D eigenvalue weighted by molar-refractivity contribution is 14.0. The smallest absolute Gasteiger partial charge is 0.193 e. The molecule has 3 heterocycles. The maximum atomic E-state index is 5.95. The first-order valence-corrected chi connectivity index (χ1v) is 9.51. The molecule has 148 valence electrons. The number of likely N-dealkylation sites (N-methyl/N-ethyl adjacent to an activating group) is 1. The summed E-state index contributed by atoms with van der Waals surface area (Å²) in [6.45, 7) is 7.98. The zero-order valence-electron chi connectivity index (χ0n) is 16.2. The molecule has 3 rings (SSSR count). The summed E-state index contributed by atoms with van der Waals surface area (Å²) < 4.78 is 7.77. The van der Waals surface area contributed by atoms with E-state index in [2.05, 4.69) is 32.1 Å². The van der Waals surface area contributed by atoms with Crippen LogP contribution >= 0.6 is 24.0 Å². The van der Waals surface area contributed by atoms with Gasteiger partial charge in [0.1, 0.15) is 6.10 Å². The van der Waals surface area contributed by atoms with Crippen LogP contribution in [0.4, 0.5) is 0 Å². The van der Waals surface area contributed by atoms with Crippen LogP contribution in [0.15, 0.2) is 17.4 Å². The minimum Gasteiger partial charge on any atom is -0.370 e. The van der Waals surface area contributed by atoms with Gasteiger partial charge in [0.2, 0.25) is 0 Å². The minimum absolute atomic E-state index is 0. The predicted octanol–water partition coefficient (Wildman–Crippen LogP) is 1.86. The summed E-state index contributed by atoms with van der Waals surface area (Å²) in [5, 5.41) is 7.87. The highest BCUT2D eigenvalue weighted by Gasteiger charge is 2.26. The number of ether oxygens (including phenoxy) is 1. The first-order chi connectivity index (χ1) is 12.2. The average molecular weight is 476 g/mol. The fraction of sp³-hybridized carbons (Fsp3) is 0.778. The van der Waals surface area contributed by atoms with Gasteiger partial charge in [-0.3, -0.25) is 14.6 Å². The van der Waals surface area contributed by atoms with Gasteiger partial charge >= 0.3 is 0 Å². The molecule has 1 aromatic heterocycles. The molecule has 0 spiro atoms. The van der Waals surface area contributed by atoms with E-state index >= 15 is 0 Å². The number of hydrogen-bond donors (Lipinski definition) is 1. The van der Waals surface area contributed by atoms with Crippen LogP contribution in [0.2, 0.25) is 0 Å². The van der Waals surface area contributed by atoms with Gasteiger partial charge in [0.15, 0.2) is 5.96 Å². The summed E-state index contributed by atoms with van der Waals surface area (Å²) in [7, 11) is 3.81. The summed E-state index contributed by atoms with van der Waals surface area (Å²) in [4.78, 5) is 9.41. The highest BCUT2D eigenvalue weighted by atomic mass is 127. The van der Waals surface area contributed by atoms with Crippen molar-refractivity contribution in [2.75, 3.05) is 46.4 Å². The van der Waals surface area contributed by atoms with Crippen molar-refractivity contribution in [1.82, 2.24) is 24.9 Å². The Morgan fingerprint density at radius 2 is 2.23 bits per heavy atom. The van der Waals surface area contributed by atoms with Crippen molar-refractivity contribution in [3.63, 3.8) is 0 Å². The van der Waals surface area contributed by atoms with Gasteiger partial charge in [-0.05, 0) is 25.9 Å². The van der Waals surface area contributed by atoms with Gasteiger partial charge in [0, 0.05) is 45.0 Å². The van der Waals surface area contributed by atoms with Gasteiger partial charge in [-0.15, -0.1) is 24.0 Å². The van der Waals surface area contributed by atoms with E-state index in [0.717, 1.165) is 37.7 Å². The van der Waals surface area contributed by atoms with Crippen molar-refractivity contribution in [2.45, 2.75) is 38.3 Å². The second-order valence-electron chi connectivity index (χ2n) is 6.96. The SMILES string of the molecule is CCN1CCCCC1CNC(=NC)N1CCOC(c2cnn(C)c2)C1.I. The molecule has 1 N–H and O–H groups in total. The first-order valence-electron chi connectivity index (χ1n) is 9.51. The highest BCUT2D eigenvalue weighted by Crippen LogP contribution is 2.22. The summed E-state index contributed by atoms with van der Waals surface area (Å²) in [6.07, 6.45) is 7.93. The lowest BCUT2D eigenvalue weighted by Crippen LogP contribution is -2.52. The Labute approximate surface area is 174 Å². The maximum absolute atomic E-state index is 5.95. The van der Waals surface area contributed by atoms with Crippen molar-refractivity contribution in [3.8, 4) is 0 Å². The van der Waals surface area contributed by atoms with Crippen molar-refractivity contribution >= 4 is 29.9 Å². The van der Waals surface area contributed by atoms with Crippen molar-refractivity contribution in [2.24, 2.45) is 12.0 Å². The number of likely N-dealkylation sites (tertiary alicyclic amines) is 1. The molecular formula is C18H33IN6O. The topological polar surface area (TPSA) is 57.9 Å². The summed E-state index contributed by atoms with van der Waals surface area (Å²) in [5.41, 5.74) is 1.13. The van der Waals surface area contributed by atoms with Crippen LogP contribution in [0.5, 0.6) is 0 Å². The summed E-state index contributed by atoms with van der Waals surface area (Å²) >= 11 is 0. The second kappa shape index (κ2) is 10.5. The van der Waals surface area contributed by atoms with E-state index < -0.39 is 0 Å². The van der Waals surface area contributed by atoms with E-state index in [0.29, 0.717) is 12.6 Å². The maximum Gasteiger partial charge on any atom is 0.193 e. The lowest BCUT2D eigenvalue weighted by Gasteiger charge is -2.38. The monoisotopic (exact) mass is 476 g/mol. The Morgan fingerprint density at radius 3 is 2.92 bits per heavy atom. The van der Waals surface area contributed by atoms with Crippen molar-refractivity contribution in [3.05, 3.63) is 18.0 Å². The molecule has 1 aromatic rings. The fourth-order valence-electron chi connectivity index (χ4n) is 3.90. The Balaban J connectivity index is 0.00000243. The number of halogens is 1. The standard InChI is InChI=1S/C18H32N6O.HI/c1-4-23-8-6-5-7-16(23)12-20-18(19-2)24-9-10-25-17(14-24)15-11-21-22(3)13-15;/h11,13,16-17H,4-10,12,14H2,1-3H3,(H,19,20);1H. The van der Waals surface area contributed by atoms with Crippen LogP contribution in [-0.4, -0.2) is 78.0 Å². The van der Waals surface area contributed by atoms with E-state index in [9.17, 15) is 0 Å². The summed E-state index contributed by atoms with van der Waals surface area (Å²) in [5.74, 6) is 0.985. The number of nitrogens with one attached hydrogen (secondary N) is 1. The molecule has 0 saturated carbocycles. The first kappa shape index (κ1) is 21.4. The largest absolute Gasteiger partial charge is 0.370 e. The number of aryl methyl sites for hydroxylation is 1. The molecule has 0 bridgehead atoms. The predicted molar refractivity (Wildman–Crippen MR) is 115 cm³/mol. The molecule has 0 aliphatic carbocycles. The van der Waals surface area contributed by atoms with Crippen LogP contribution in [0.25, 0.3) is 0 Å². The molecule has 2 aliphatic rings. The third-order valence-electron chi connectivity index (χ3n) is 5.33. The van der Waals surface area contributed by atoms with Gasteiger partial charge in [-0.1, -0.05) is 13.3 Å². The Morgan fingerprint density at radius 1 is 1.38 bits per heavy atom. The molecule has 2 atom stereocenters. The number of hydrogen-bond acceptors (Lipinski definition) is 4. The van der Waals surface area contributed by atoms with E-state index in [1.165, 1.54) is 25.8 Å². The lowest BCUT2D eigenvalue weighted by atomic mass is 10.0. The van der Waals surface area contributed by atoms with Gasteiger partial charge in [0.25, 0.3) is 0 Å². The van der Waals surface area contributed by atoms with E-state index in [4.69, 9.17) is 4.74 Å². The molecule has 2 saturated heterocycles. The zero-order valence-corrected chi connectivity index (χ0v) is 18.6. The van der Waals surface area contributed by atoms with E-state index in [-0.39, 0.29) is 30.1 Å². The number of guanidine groups is 1. The molecule has 0 amide bonds. The number of morpholine rings is 1. The van der Waals surface area contributed by atoms with Gasteiger partial charge < -0.3 is 15.0 Å². The fourth-order valence-corrected chi connectivity index (χ4v) is 3.90. The summed E-state index contributed by atoms with van der Waals surface area (Å²) in [6, 6.07) is 0.616. The lowest BCUT2D eigenvalue weighted by molar-refractivity contribution is -0.00818. The number of aliphatic imine (C=N–C) groups is 1. The molecule has 0 radical (unpaired) electrons. The van der Waals surface area contributed by atoms with Crippen molar-refractivity contribution < 1.29 is 4.74 Å². The number of piperidine rings is 1. The van der Waals surface area contributed by atoms with Crippen LogP contribution in [-0.2, 0) is 11.8 Å². The molecule has 26 heavy (non-hydrogen) atoms.